The fraction of sp³-hybridized carbons (Fsp3) is 0.304. The number of rotatable bonds is 6. The van der Waals surface area contributed by atoms with Crippen molar-refractivity contribution in [1.29, 1.82) is 0 Å². The number of benzene rings is 2. The molecule has 152 valence electrons. The third kappa shape index (κ3) is 4.49. The Hall–Kier alpha value is -3.12. The molecular weight excluding hydrogens is 370 g/mol. The van der Waals surface area contributed by atoms with E-state index in [-0.39, 0.29) is 18.1 Å². The zero-order valence-corrected chi connectivity index (χ0v) is 17.0. The minimum absolute atomic E-state index is 0.0815. The van der Waals surface area contributed by atoms with Gasteiger partial charge < -0.3 is 19.6 Å². The van der Waals surface area contributed by atoms with Crippen molar-refractivity contribution in [2.45, 2.75) is 39.9 Å². The summed E-state index contributed by atoms with van der Waals surface area (Å²) in [7, 11) is 0. The highest BCUT2D eigenvalue weighted by Crippen LogP contribution is 2.31. The predicted octanol–water partition coefficient (Wildman–Crippen LogP) is 3.34. The van der Waals surface area contributed by atoms with Crippen LogP contribution in [-0.4, -0.2) is 23.7 Å². The number of fused-ring (bicyclic) bond motifs is 1. The molecule has 0 aliphatic rings. The number of hydrogen-bond donors (Lipinski definition) is 2. The van der Waals surface area contributed by atoms with Gasteiger partial charge in [0, 0.05) is 12.1 Å². The van der Waals surface area contributed by atoms with Crippen molar-refractivity contribution in [2.24, 2.45) is 0 Å². The monoisotopic (exact) mass is 395 g/mol. The third-order valence-electron chi connectivity index (χ3n) is 4.98. The van der Waals surface area contributed by atoms with Crippen LogP contribution in [0, 0.1) is 20.8 Å². The summed E-state index contributed by atoms with van der Waals surface area (Å²) in [6.45, 7) is 7.11. The zero-order valence-electron chi connectivity index (χ0n) is 17.0. The van der Waals surface area contributed by atoms with Crippen molar-refractivity contribution < 1.29 is 19.1 Å². The molecule has 1 aromatic heterocycles. The van der Waals surface area contributed by atoms with Crippen molar-refractivity contribution in [2.75, 3.05) is 6.54 Å². The molecule has 29 heavy (non-hydrogen) atoms. The second kappa shape index (κ2) is 8.49. The second-order valence-corrected chi connectivity index (χ2v) is 7.21. The number of aliphatic hydroxyl groups is 1. The van der Waals surface area contributed by atoms with Crippen molar-refractivity contribution >= 4 is 16.9 Å². The van der Waals surface area contributed by atoms with Gasteiger partial charge in [0.05, 0.1) is 11.5 Å². The lowest BCUT2D eigenvalue weighted by atomic mass is 10.0. The van der Waals surface area contributed by atoms with Crippen molar-refractivity contribution in [1.82, 2.24) is 5.32 Å². The second-order valence-electron chi connectivity index (χ2n) is 7.21. The summed E-state index contributed by atoms with van der Waals surface area (Å²) >= 11 is 0. The maximum atomic E-state index is 12.5. The Kier molecular flexibility index (Phi) is 6.03. The lowest BCUT2D eigenvalue weighted by Gasteiger charge is -2.19. The summed E-state index contributed by atoms with van der Waals surface area (Å²) in [5.74, 6) is 0.136. The fourth-order valence-electron chi connectivity index (χ4n) is 3.16. The van der Waals surface area contributed by atoms with Crippen LogP contribution in [-0.2, 0) is 4.79 Å². The Balaban J connectivity index is 1.77. The van der Waals surface area contributed by atoms with Gasteiger partial charge in [-0.2, -0.15) is 0 Å². The Morgan fingerprint density at radius 3 is 2.52 bits per heavy atom. The lowest BCUT2D eigenvalue weighted by Crippen LogP contribution is -2.38. The van der Waals surface area contributed by atoms with Gasteiger partial charge in [-0.05, 0) is 56.5 Å². The molecule has 0 aliphatic heterocycles. The molecule has 0 radical (unpaired) electrons. The molecule has 6 heteroatoms. The number of nitrogens with one attached hydrogen (secondary N) is 1. The molecule has 0 unspecified atom stereocenters. The van der Waals surface area contributed by atoms with Gasteiger partial charge in [-0.1, -0.05) is 30.3 Å². The first-order valence-corrected chi connectivity index (χ1v) is 9.50. The van der Waals surface area contributed by atoms with E-state index in [0.29, 0.717) is 22.3 Å². The molecular formula is C23H25NO5. The van der Waals surface area contributed by atoms with Crippen molar-refractivity contribution in [3.8, 4) is 5.75 Å². The number of carbonyl (C=O) groups is 1. The van der Waals surface area contributed by atoms with E-state index in [2.05, 4.69) is 5.32 Å². The predicted molar refractivity (Wildman–Crippen MR) is 111 cm³/mol. The summed E-state index contributed by atoms with van der Waals surface area (Å²) < 4.78 is 11.3. The van der Waals surface area contributed by atoms with E-state index >= 15 is 0 Å². The van der Waals surface area contributed by atoms with Crippen LogP contribution in [0.25, 0.3) is 11.0 Å². The van der Waals surface area contributed by atoms with E-state index < -0.39 is 12.2 Å². The maximum absolute atomic E-state index is 12.5. The molecule has 0 fully saturated rings. The number of ether oxygens (including phenoxy) is 1. The summed E-state index contributed by atoms with van der Waals surface area (Å²) in [6, 6.07) is 12.7. The van der Waals surface area contributed by atoms with Crippen LogP contribution in [0.15, 0.2) is 51.7 Å². The molecule has 0 aliphatic carbocycles. The van der Waals surface area contributed by atoms with E-state index in [4.69, 9.17) is 9.15 Å². The van der Waals surface area contributed by atoms with Gasteiger partial charge in [0.1, 0.15) is 11.3 Å². The van der Waals surface area contributed by atoms with E-state index in [1.54, 1.807) is 32.0 Å². The molecule has 2 aromatic carbocycles. The van der Waals surface area contributed by atoms with E-state index in [1.165, 1.54) is 0 Å². The minimum atomic E-state index is -0.800. The highest BCUT2D eigenvalue weighted by molar-refractivity contribution is 5.89. The van der Waals surface area contributed by atoms with Crippen LogP contribution in [0.4, 0.5) is 0 Å². The van der Waals surface area contributed by atoms with E-state index in [1.807, 2.05) is 38.1 Å². The first-order chi connectivity index (χ1) is 13.8. The molecule has 6 nitrogen and oxygen atoms in total. The molecule has 3 aromatic rings. The van der Waals surface area contributed by atoms with Crippen LogP contribution in [0.5, 0.6) is 5.75 Å². The van der Waals surface area contributed by atoms with Crippen LogP contribution in [0.1, 0.15) is 35.3 Å². The van der Waals surface area contributed by atoms with Gasteiger partial charge in [-0.3, -0.25) is 4.79 Å². The fourth-order valence-corrected chi connectivity index (χ4v) is 3.16. The van der Waals surface area contributed by atoms with Gasteiger partial charge in [-0.15, -0.1) is 0 Å². The SMILES string of the molecule is Cc1cc(O[C@H](C)C(=O)NC[C@@H](O)c2ccccc2)c2c(C)c(C)c(=O)oc2c1. The Labute approximate surface area is 169 Å². The normalized spacial score (nSPS) is 13.1. The minimum Gasteiger partial charge on any atom is -0.480 e. The standard InChI is InChI=1S/C23H25NO5/c1-13-10-19(21-14(2)15(3)23(27)29-20(21)11-13)28-16(4)22(26)24-12-18(25)17-8-6-5-7-9-17/h5-11,16,18,25H,12H2,1-4H3,(H,24,26)/t16-,18-/m1/s1. The topological polar surface area (TPSA) is 88.8 Å². The highest BCUT2D eigenvalue weighted by Gasteiger charge is 2.20. The van der Waals surface area contributed by atoms with Crippen LogP contribution in [0.3, 0.4) is 0 Å². The molecule has 1 amide bonds. The quantitative estimate of drug-likeness (QED) is 0.625. The van der Waals surface area contributed by atoms with Crippen molar-refractivity contribution in [3.63, 3.8) is 0 Å². The van der Waals surface area contributed by atoms with Crippen LogP contribution < -0.4 is 15.7 Å². The van der Waals surface area contributed by atoms with Gasteiger partial charge in [0.15, 0.2) is 6.10 Å². The lowest BCUT2D eigenvalue weighted by molar-refractivity contribution is -0.127. The van der Waals surface area contributed by atoms with Crippen LogP contribution in [0.2, 0.25) is 0 Å². The zero-order chi connectivity index (χ0) is 21.1. The smallest absolute Gasteiger partial charge is 0.339 e. The third-order valence-corrected chi connectivity index (χ3v) is 4.98. The molecule has 0 saturated carbocycles. The number of hydrogen-bond acceptors (Lipinski definition) is 5. The van der Waals surface area contributed by atoms with Gasteiger partial charge in [0.2, 0.25) is 0 Å². The average Bonchev–Trinajstić information content (AvgIpc) is 2.70. The number of aliphatic hydroxyl groups excluding tert-OH is 1. The van der Waals surface area contributed by atoms with Crippen molar-refractivity contribution in [3.05, 3.63) is 75.1 Å². The number of amides is 1. The van der Waals surface area contributed by atoms with E-state index in [0.717, 1.165) is 16.7 Å². The molecule has 2 N–H and O–H groups in total. The number of carbonyl (C=O) groups excluding carboxylic acids is 1. The number of aryl methyl sites for hydroxylation is 2. The highest BCUT2D eigenvalue weighted by atomic mass is 16.5. The first kappa shape index (κ1) is 20.6. The van der Waals surface area contributed by atoms with Crippen LogP contribution >= 0.6 is 0 Å². The Morgan fingerprint density at radius 1 is 1.14 bits per heavy atom. The van der Waals surface area contributed by atoms with Gasteiger partial charge in [-0.25, -0.2) is 4.79 Å². The molecule has 0 spiro atoms. The van der Waals surface area contributed by atoms with E-state index in [9.17, 15) is 14.7 Å². The van der Waals surface area contributed by atoms with Gasteiger partial charge >= 0.3 is 5.63 Å². The summed E-state index contributed by atoms with van der Waals surface area (Å²) in [6.07, 6.45) is -1.60. The van der Waals surface area contributed by atoms with Gasteiger partial charge in [0.25, 0.3) is 5.91 Å². The molecule has 1 heterocycles. The summed E-state index contributed by atoms with van der Waals surface area (Å²) in [5.41, 5.74) is 2.90. The largest absolute Gasteiger partial charge is 0.480 e. The molecule has 3 rings (SSSR count). The molecule has 2 atom stereocenters. The Morgan fingerprint density at radius 2 is 1.83 bits per heavy atom. The molecule has 0 bridgehead atoms. The summed E-state index contributed by atoms with van der Waals surface area (Å²) in [5, 5.41) is 13.6. The first-order valence-electron chi connectivity index (χ1n) is 9.50. The Bertz CT molecular complexity index is 1090. The summed E-state index contributed by atoms with van der Waals surface area (Å²) in [4.78, 5) is 24.5. The maximum Gasteiger partial charge on any atom is 0.339 e. The molecule has 0 saturated heterocycles. The average molecular weight is 395 g/mol.